The van der Waals surface area contributed by atoms with Gasteiger partial charge in [-0.3, -0.25) is 10.0 Å². The van der Waals surface area contributed by atoms with Gasteiger partial charge in [-0.25, -0.2) is 13.9 Å². The van der Waals surface area contributed by atoms with Crippen molar-refractivity contribution in [1.82, 2.24) is 5.48 Å². The summed E-state index contributed by atoms with van der Waals surface area (Å²) in [5.41, 5.74) is 1.48. The summed E-state index contributed by atoms with van der Waals surface area (Å²) in [6.45, 7) is 2.58. The first kappa shape index (κ1) is 16.7. The highest BCUT2D eigenvalue weighted by Crippen LogP contribution is 2.35. The van der Waals surface area contributed by atoms with Gasteiger partial charge in [0.15, 0.2) is 14.6 Å². The highest BCUT2D eigenvalue weighted by atomic mass is 32.2. The average molecular weight is 329 g/mol. The van der Waals surface area contributed by atoms with Gasteiger partial charge < -0.3 is 9.47 Å². The Balaban J connectivity index is 2.42. The van der Waals surface area contributed by atoms with Gasteiger partial charge in [-0.2, -0.15) is 0 Å². The van der Waals surface area contributed by atoms with Gasteiger partial charge in [0.05, 0.1) is 11.5 Å². The van der Waals surface area contributed by atoms with Gasteiger partial charge in [0, 0.05) is 13.2 Å². The molecule has 22 heavy (non-hydrogen) atoms. The molecule has 1 aliphatic rings. The molecular formula is C14H19NO6S. The fraction of sp³-hybridized carbons (Fsp3) is 0.500. The van der Waals surface area contributed by atoms with Crippen molar-refractivity contribution in [2.75, 3.05) is 19.8 Å². The van der Waals surface area contributed by atoms with E-state index in [1.807, 2.05) is 6.92 Å². The third-order valence-electron chi connectivity index (χ3n) is 3.78. The molecule has 0 aliphatic carbocycles. The van der Waals surface area contributed by atoms with Crippen molar-refractivity contribution >= 4 is 15.7 Å². The quantitative estimate of drug-likeness (QED) is 0.615. The minimum atomic E-state index is -3.97. The van der Waals surface area contributed by atoms with Crippen LogP contribution in [0.25, 0.3) is 0 Å². The van der Waals surface area contributed by atoms with Crippen molar-refractivity contribution in [3.63, 3.8) is 0 Å². The molecule has 0 spiro atoms. The SMILES string of the molecule is CCOc1ccc(S(=O)(=O)C2(C(=O)NO)CCOCC2)cc1. The van der Waals surface area contributed by atoms with E-state index in [0.29, 0.717) is 12.4 Å². The van der Waals surface area contributed by atoms with Crippen molar-refractivity contribution in [2.45, 2.75) is 29.4 Å². The first-order chi connectivity index (χ1) is 10.5. The maximum absolute atomic E-state index is 12.9. The number of hydrogen-bond donors (Lipinski definition) is 2. The third kappa shape index (κ3) is 2.81. The van der Waals surface area contributed by atoms with Crippen LogP contribution in [-0.4, -0.2) is 44.1 Å². The summed E-state index contributed by atoms with van der Waals surface area (Å²) in [7, 11) is -3.97. The molecule has 1 aromatic carbocycles. The first-order valence-corrected chi connectivity index (χ1v) is 8.46. The molecular weight excluding hydrogens is 310 g/mol. The van der Waals surface area contributed by atoms with Crippen molar-refractivity contribution in [2.24, 2.45) is 0 Å². The van der Waals surface area contributed by atoms with Gasteiger partial charge in [0.2, 0.25) is 0 Å². The van der Waals surface area contributed by atoms with Crippen LogP contribution in [0.5, 0.6) is 5.75 Å². The van der Waals surface area contributed by atoms with Crippen LogP contribution in [0.3, 0.4) is 0 Å². The number of carbonyl (C=O) groups is 1. The summed E-state index contributed by atoms with van der Waals surface area (Å²) in [6, 6.07) is 5.89. The van der Waals surface area contributed by atoms with Gasteiger partial charge in [0.25, 0.3) is 5.91 Å². The smallest absolute Gasteiger partial charge is 0.265 e. The van der Waals surface area contributed by atoms with Crippen LogP contribution in [0.4, 0.5) is 0 Å². The Bertz CT molecular complexity index is 619. The second-order valence-electron chi connectivity index (χ2n) is 4.96. The Morgan fingerprint density at radius 3 is 2.41 bits per heavy atom. The number of benzene rings is 1. The lowest BCUT2D eigenvalue weighted by molar-refractivity contribution is -0.134. The van der Waals surface area contributed by atoms with Gasteiger partial charge in [0.1, 0.15) is 5.75 Å². The highest BCUT2D eigenvalue weighted by Gasteiger charge is 2.52. The first-order valence-electron chi connectivity index (χ1n) is 6.98. The van der Waals surface area contributed by atoms with E-state index in [4.69, 9.17) is 14.7 Å². The topological polar surface area (TPSA) is 102 Å². The summed E-state index contributed by atoms with van der Waals surface area (Å²) < 4.78 is 34.5. The van der Waals surface area contributed by atoms with E-state index in [2.05, 4.69) is 0 Å². The van der Waals surface area contributed by atoms with Gasteiger partial charge in [-0.15, -0.1) is 0 Å². The molecule has 2 rings (SSSR count). The number of rotatable bonds is 5. The number of amides is 1. The van der Waals surface area contributed by atoms with E-state index in [9.17, 15) is 13.2 Å². The maximum atomic E-state index is 12.9. The fourth-order valence-corrected chi connectivity index (χ4v) is 4.47. The molecule has 1 saturated heterocycles. The second-order valence-corrected chi connectivity index (χ2v) is 7.22. The van der Waals surface area contributed by atoms with Crippen LogP contribution in [0, 0.1) is 0 Å². The normalized spacial score (nSPS) is 17.7. The highest BCUT2D eigenvalue weighted by molar-refractivity contribution is 7.93. The Hall–Kier alpha value is -1.64. The summed E-state index contributed by atoms with van der Waals surface area (Å²) in [5, 5.41) is 8.95. The molecule has 122 valence electrons. The van der Waals surface area contributed by atoms with Gasteiger partial charge >= 0.3 is 0 Å². The number of carbonyl (C=O) groups excluding carboxylic acids is 1. The fourth-order valence-electron chi connectivity index (χ4n) is 2.53. The van der Waals surface area contributed by atoms with Crippen LogP contribution < -0.4 is 10.2 Å². The second kappa shape index (κ2) is 6.64. The molecule has 1 aromatic rings. The lowest BCUT2D eigenvalue weighted by Gasteiger charge is -2.34. The summed E-state index contributed by atoms with van der Waals surface area (Å²) in [6.07, 6.45) is -0.0100. The number of nitrogens with one attached hydrogen (secondary N) is 1. The molecule has 0 bridgehead atoms. The van der Waals surface area contributed by atoms with Crippen LogP contribution in [-0.2, 0) is 19.4 Å². The lowest BCUT2D eigenvalue weighted by Crippen LogP contribution is -2.54. The molecule has 0 aromatic heterocycles. The lowest BCUT2D eigenvalue weighted by atomic mass is 9.98. The summed E-state index contributed by atoms with van der Waals surface area (Å²) in [5.74, 6) is -0.376. The minimum absolute atomic E-state index is 0.00502. The molecule has 0 atom stereocenters. The van der Waals surface area contributed by atoms with Crippen LogP contribution in [0.2, 0.25) is 0 Å². The monoisotopic (exact) mass is 329 g/mol. The number of ether oxygens (including phenoxy) is 2. The molecule has 1 aliphatic heterocycles. The average Bonchev–Trinajstić information content (AvgIpc) is 2.55. The molecule has 7 nitrogen and oxygen atoms in total. The molecule has 1 fully saturated rings. The molecule has 0 unspecified atom stereocenters. The number of hydroxylamine groups is 1. The Morgan fingerprint density at radius 1 is 1.32 bits per heavy atom. The van der Waals surface area contributed by atoms with E-state index in [0.717, 1.165) is 0 Å². The number of hydrogen-bond acceptors (Lipinski definition) is 6. The standard InChI is InChI=1S/C14H19NO6S/c1-2-21-11-3-5-12(6-4-11)22(18,19)14(13(16)15-17)7-9-20-10-8-14/h3-6,17H,2,7-10H2,1H3,(H,15,16). The maximum Gasteiger partial charge on any atom is 0.265 e. The zero-order chi connectivity index (χ0) is 16.2. The van der Waals surface area contributed by atoms with E-state index in [-0.39, 0.29) is 31.0 Å². The zero-order valence-electron chi connectivity index (χ0n) is 12.2. The predicted molar refractivity (Wildman–Crippen MR) is 77.5 cm³/mol. The third-order valence-corrected chi connectivity index (χ3v) is 6.29. The molecule has 0 radical (unpaired) electrons. The van der Waals surface area contributed by atoms with Gasteiger partial charge in [-0.1, -0.05) is 0 Å². The predicted octanol–water partition coefficient (Wildman–Crippen LogP) is 0.914. The van der Waals surface area contributed by atoms with Gasteiger partial charge in [-0.05, 0) is 44.0 Å². The zero-order valence-corrected chi connectivity index (χ0v) is 13.1. The van der Waals surface area contributed by atoms with Crippen molar-refractivity contribution in [1.29, 1.82) is 0 Å². The minimum Gasteiger partial charge on any atom is -0.494 e. The summed E-state index contributed by atoms with van der Waals surface area (Å²) >= 11 is 0. The largest absolute Gasteiger partial charge is 0.494 e. The Morgan fingerprint density at radius 2 is 1.91 bits per heavy atom. The van der Waals surface area contributed by atoms with E-state index < -0.39 is 20.5 Å². The molecule has 8 heteroatoms. The van der Waals surface area contributed by atoms with E-state index >= 15 is 0 Å². The van der Waals surface area contributed by atoms with Crippen molar-refractivity contribution in [3.8, 4) is 5.75 Å². The molecule has 0 saturated carbocycles. The van der Waals surface area contributed by atoms with Crippen LogP contribution in [0.15, 0.2) is 29.2 Å². The molecule has 2 N–H and O–H groups in total. The Kier molecular flexibility index (Phi) is 5.05. The van der Waals surface area contributed by atoms with Crippen molar-refractivity contribution < 1.29 is 27.9 Å². The number of sulfone groups is 1. The van der Waals surface area contributed by atoms with E-state index in [1.54, 1.807) is 12.1 Å². The molecule has 1 amide bonds. The molecule has 1 heterocycles. The van der Waals surface area contributed by atoms with Crippen LogP contribution in [0.1, 0.15) is 19.8 Å². The Labute approximate surface area is 129 Å². The van der Waals surface area contributed by atoms with Crippen molar-refractivity contribution in [3.05, 3.63) is 24.3 Å². The van der Waals surface area contributed by atoms with Crippen LogP contribution >= 0.6 is 0 Å². The summed E-state index contributed by atoms with van der Waals surface area (Å²) in [4.78, 5) is 12.1. The van der Waals surface area contributed by atoms with E-state index in [1.165, 1.54) is 17.6 Å².